The second-order valence-electron chi connectivity index (χ2n) is 4.42. The van der Waals surface area contributed by atoms with E-state index in [4.69, 9.17) is 0 Å². The second-order valence-corrected chi connectivity index (χ2v) is 4.42. The molecule has 0 aliphatic rings. The van der Waals surface area contributed by atoms with Gasteiger partial charge in [-0.3, -0.25) is 0 Å². The Balaban J connectivity index is 2.20. The first kappa shape index (κ1) is 12.1. The quantitative estimate of drug-likeness (QED) is 0.708. The Hall–Kier alpha value is -2.94. The number of aryl methyl sites for hydroxylation is 1. The number of hydrogen-bond acceptors (Lipinski definition) is 5. The number of aromatic nitrogens is 4. The highest BCUT2D eigenvalue weighted by molar-refractivity contribution is 5.67. The van der Waals surface area contributed by atoms with Crippen molar-refractivity contribution in [1.29, 1.82) is 5.26 Å². The van der Waals surface area contributed by atoms with Gasteiger partial charge in [-0.05, 0) is 19.1 Å². The van der Waals surface area contributed by atoms with Gasteiger partial charge < -0.3 is 4.90 Å². The molecule has 6 heteroatoms. The Morgan fingerprint density at radius 1 is 1.30 bits per heavy atom. The molecule has 0 atom stereocenters. The fraction of sp³-hybridized carbons (Fsp3) is 0.143. The van der Waals surface area contributed by atoms with E-state index in [1.54, 1.807) is 10.6 Å². The van der Waals surface area contributed by atoms with Gasteiger partial charge in [-0.15, -0.1) is 0 Å². The van der Waals surface area contributed by atoms with Crippen molar-refractivity contribution in [1.82, 2.24) is 19.6 Å². The van der Waals surface area contributed by atoms with Crippen molar-refractivity contribution in [3.05, 3.63) is 47.9 Å². The van der Waals surface area contributed by atoms with Crippen molar-refractivity contribution in [3.8, 4) is 6.07 Å². The van der Waals surface area contributed by atoms with Crippen molar-refractivity contribution in [2.24, 2.45) is 0 Å². The molecule has 2 aromatic heterocycles. The number of fused-ring (bicyclic) bond motifs is 1. The average molecular weight is 264 g/mol. The third-order valence-corrected chi connectivity index (χ3v) is 3.09. The summed E-state index contributed by atoms with van der Waals surface area (Å²) >= 11 is 0. The van der Waals surface area contributed by atoms with Gasteiger partial charge in [-0.2, -0.15) is 19.9 Å². The van der Waals surface area contributed by atoms with Crippen molar-refractivity contribution in [3.63, 3.8) is 0 Å². The first-order chi connectivity index (χ1) is 9.70. The minimum Gasteiger partial charge on any atom is -0.328 e. The zero-order valence-electron chi connectivity index (χ0n) is 11.1. The largest absolute Gasteiger partial charge is 0.328 e. The van der Waals surface area contributed by atoms with Crippen LogP contribution in [0, 0.1) is 18.3 Å². The molecule has 3 rings (SSSR count). The third-order valence-electron chi connectivity index (χ3n) is 3.09. The predicted octanol–water partition coefficient (Wildman–Crippen LogP) is 2.07. The number of nitrogens with zero attached hydrogens (tertiary/aromatic N) is 6. The van der Waals surface area contributed by atoms with Crippen molar-refractivity contribution >= 4 is 17.3 Å². The van der Waals surface area contributed by atoms with E-state index in [2.05, 4.69) is 21.1 Å². The number of para-hydroxylation sites is 1. The smallest absolute Gasteiger partial charge is 0.254 e. The van der Waals surface area contributed by atoms with E-state index in [1.807, 2.05) is 43.1 Å². The van der Waals surface area contributed by atoms with Gasteiger partial charge in [0.25, 0.3) is 5.78 Å². The molecule has 2 heterocycles. The molecular formula is C14H12N6. The van der Waals surface area contributed by atoms with Gasteiger partial charge in [-0.25, -0.2) is 4.98 Å². The lowest BCUT2D eigenvalue weighted by molar-refractivity contribution is 0.903. The number of nitriles is 1. The molecule has 1 aromatic carbocycles. The molecular weight excluding hydrogens is 252 g/mol. The highest BCUT2D eigenvalue weighted by Gasteiger charge is 2.14. The van der Waals surface area contributed by atoms with Gasteiger partial charge >= 0.3 is 0 Å². The minimum atomic E-state index is 0.543. The Labute approximate surface area is 115 Å². The fourth-order valence-electron chi connectivity index (χ4n) is 2.13. The molecule has 0 saturated heterocycles. The maximum Gasteiger partial charge on any atom is 0.254 e. The Bertz CT molecular complexity index is 814. The summed E-state index contributed by atoms with van der Waals surface area (Å²) in [7, 11) is 1.89. The van der Waals surface area contributed by atoms with Crippen LogP contribution in [-0.2, 0) is 0 Å². The van der Waals surface area contributed by atoms with Crippen LogP contribution in [0.25, 0.3) is 5.78 Å². The van der Waals surface area contributed by atoms with Crippen LogP contribution >= 0.6 is 0 Å². The molecule has 0 amide bonds. The lowest BCUT2D eigenvalue weighted by atomic mass is 10.2. The molecule has 98 valence electrons. The van der Waals surface area contributed by atoms with Crippen LogP contribution in [0.3, 0.4) is 0 Å². The summed E-state index contributed by atoms with van der Waals surface area (Å²) < 4.78 is 1.65. The Kier molecular flexibility index (Phi) is 2.80. The lowest BCUT2D eigenvalue weighted by Crippen LogP contribution is -2.16. The molecule has 0 aliphatic carbocycles. The van der Waals surface area contributed by atoms with E-state index in [9.17, 15) is 5.26 Å². The summed E-state index contributed by atoms with van der Waals surface area (Å²) in [5.41, 5.74) is 2.27. The van der Waals surface area contributed by atoms with Crippen LogP contribution in [0.5, 0.6) is 0 Å². The van der Waals surface area contributed by atoms with Crippen LogP contribution in [-0.4, -0.2) is 26.6 Å². The summed E-state index contributed by atoms with van der Waals surface area (Å²) in [5.74, 6) is 1.36. The number of hydrogen-bond donors (Lipinski definition) is 0. The van der Waals surface area contributed by atoms with Crippen LogP contribution in [0.15, 0.2) is 36.7 Å². The van der Waals surface area contributed by atoms with Crippen LogP contribution in [0.4, 0.5) is 11.5 Å². The van der Waals surface area contributed by atoms with Gasteiger partial charge in [0.1, 0.15) is 18.2 Å². The van der Waals surface area contributed by atoms with E-state index < -0.39 is 0 Å². The summed E-state index contributed by atoms with van der Waals surface area (Å²) in [6, 6.07) is 11.6. The van der Waals surface area contributed by atoms with Gasteiger partial charge in [0, 0.05) is 18.8 Å². The highest BCUT2D eigenvalue weighted by Crippen LogP contribution is 2.26. The van der Waals surface area contributed by atoms with Gasteiger partial charge in [0.15, 0.2) is 0 Å². The van der Waals surface area contributed by atoms with E-state index in [0.717, 1.165) is 17.2 Å². The molecule has 20 heavy (non-hydrogen) atoms. The third kappa shape index (κ3) is 1.86. The molecule has 0 unspecified atom stereocenters. The monoisotopic (exact) mass is 264 g/mol. The summed E-state index contributed by atoms with van der Waals surface area (Å²) in [6.07, 6.45) is 1.47. The second kappa shape index (κ2) is 4.63. The average Bonchev–Trinajstić information content (AvgIpc) is 2.93. The number of rotatable bonds is 2. The molecule has 0 N–H and O–H groups in total. The fourth-order valence-corrected chi connectivity index (χ4v) is 2.13. The van der Waals surface area contributed by atoms with E-state index in [1.165, 1.54) is 6.33 Å². The molecule has 0 aliphatic heterocycles. The van der Waals surface area contributed by atoms with E-state index in [-0.39, 0.29) is 0 Å². The Morgan fingerprint density at radius 3 is 2.90 bits per heavy atom. The topological polar surface area (TPSA) is 70.1 Å². The van der Waals surface area contributed by atoms with E-state index >= 15 is 0 Å². The van der Waals surface area contributed by atoms with Crippen LogP contribution < -0.4 is 4.90 Å². The molecule has 3 aromatic rings. The lowest BCUT2D eigenvalue weighted by Gasteiger charge is -2.21. The molecule has 6 nitrogen and oxygen atoms in total. The highest BCUT2D eigenvalue weighted by atomic mass is 15.4. The maximum atomic E-state index is 9.22. The molecule has 0 bridgehead atoms. The molecule has 0 fully saturated rings. The molecule has 0 saturated carbocycles. The normalized spacial score (nSPS) is 10.4. The van der Waals surface area contributed by atoms with Gasteiger partial charge in [0.05, 0.1) is 11.3 Å². The van der Waals surface area contributed by atoms with Gasteiger partial charge in [-0.1, -0.05) is 12.1 Å². The first-order valence-electron chi connectivity index (χ1n) is 6.11. The van der Waals surface area contributed by atoms with Crippen molar-refractivity contribution < 1.29 is 0 Å². The van der Waals surface area contributed by atoms with Crippen molar-refractivity contribution in [2.75, 3.05) is 11.9 Å². The first-order valence-corrected chi connectivity index (χ1v) is 6.11. The zero-order valence-corrected chi connectivity index (χ0v) is 11.1. The van der Waals surface area contributed by atoms with Crippen LogP contribution in [0.2, 0.25) is 0 Å². The summed E-state index contributed by atoms with van der Waals surface area (Å²) in [5, 5.41) is 13.4. The SMILES string of the molecule is Cc1cc(N(C)c2ccccc2C#N)n2ncnc2n1. The number of anilines is 2. The number of benzene rings is 1. The molecule has 0 spiro atoms. The summed E-state index contributed by atoms with van der Waals surface area (Å²) in [4.78, 5) is 10.3. The van der Waals surface area contributed by atoms with Crippen LogP contribution in [0.1, 0.15) is 11.3 Å². The standard InChI is InChI=1S/C14H12N6/c1-10-7-13(20-14(18-10)16-9-17-20)19(2)12-6-4-3-5-11(12)8-15/h3-7,9H,1-2H3. The minimum absolute atomic E-state index is 0.543. The van der Waals surface area contributed by atoms with E-state index in [0.29, 0.717) is 11.3 Å². The Morgan fingerprint density at radius 2 is 2.10 bits per heavy atom. The predicted molar refractivity (Wildman–Crippen MR) is 74.7 cm³/mol. The van der Waals surface area contributed by atoms with Gasteiger partial charge in [0.2, 0.25) is 0 Å². The zero-order chi connectivity index (χ0) is 14.1. The molecule has 0 radical (unpaired) electrons. The summed E-state index contributed by atoms with van der Waals surface area (Å²) in [6.45, 7) is 1.90. The maximum absolute atomic E-state index is 9.22. The van der Waals surface area contributed by atoms with Crippen molar-refractivity contribution in [2.45, 2.75) is 6.92 Å².